The predicted molar refractivity (Wildman–Crippen MR) is 81.3 cm³/mol. The number of nitrogens with one attached hydrogen (secondary N) is 1. The van der Waals surface area contributed by atoms with Crippen LogP contribution in [0.4, 0.5) is 5.69 Å². The minimum absolute atomic E-state index is 0.0189. The van der Waals surface area contributed by atoms with Crippen LogP contribution in [0.2, 0.25) is 0 Å². The lowest BCUT2D eigenvalue weighted by Gasteiger charge is -2.32. The zero-order valence-electron chi connectivity index (χ0n) is 12.6. The van der Waals surface area contributed by atoms with Crippen LogP contribution >= 0.6 is 0 Å². The lowest BCUT2D eigenvalue weighted by atomic mass is 10.0. The van der Waals surface area contributed by atoms with Crippen LogP contribution in [0, 0.1) is 0 Å². The molecule has 1 aliphatic rings. The van der Waals surface area contributed by atoms with E-state index < -0.39 is 0 Å². The van der Waals surface area contributed by atoms with Gasteiger partial charge in [0.1, 0.15) is 0 Å². The van der Waals surface area contributed by atoms with Gasteiger partial charge in [0.25, 0.3) is 0 Å². The summed E-state index contributed by atoms with van der Waals surface area (Å²) in [5, 5.41) is 2.86. The normalized spacial score (nSPS) is 19.0. The van der Waals surface area contributed by atoms with Crippen molar-refractivity contribution < 1.29 is 14.3 Å². The Labute approximate surface area is 125 Å². The number of likely N-dealkylation sites (tertiary alicyclic amines) is 1. The Morgan fingerprint density at radius 3 is 2.62 bits per heavy atom. The predicted octanol–water partition coefficient (Wildman–Crippen LogP) is 2.29. The molecule has 1 heterocycles. The number of carbonyl (C=O) groups excluding carboxylic acids is 2. The number of benzene rings is 1. The summed E-state index contributed by atoms with van der Waals surface area (Å²) < 4.78 is 4.64. The molecule has 114 valence electrons. The Bertz CT molecular complexity index is 499. The van der Waals surface area contributed by atoms with Crippen LogP contribution in [0.3, 0.4) is 0 Å². The van der Waals surface area contributed by atoms with E-state index in [1.54, 1.807) is 24.3 Å². The Kier molecular flexibility index (Phi) is 5.33. The monoisotopic (exact) mass is 290 g/mol. The molecule has 2 rings (SSSR count). The lowest BCUT2D eigenvalue weighted by molar-refractivity contribution is -0.118. The number of anilines is 1. The standard InChI is InChI=1S/C16H22N2O3/c1-12-5-3-4-10-18(12)11-15(19)17-14-8-6-13(7-9-14)16(20)21-2/h6-9,12H,3-5,10-11H2,1-2H3,(H,17,19)/t12-/m0/s1. The second kappa shape index (κ2) is 7.22. The molecule has 5 nitrogen and oxygen atoms in total. The molecule has 0 aromatic heterocycles. The van der Waals surface area contributed by atoms with E-state index in [-0.39, 0.29) is 11.9 Å². The van der Waals surface area contributed by atoms with Gasteiger partial charge in [0.05, 0.1) is 19.2 Å². The molecule has 0 bridgehead atoms. The summed E-state index contributed by atoms with van der Waals surface area (Å²) in [5.74, 6) is -0.399. The molecule has 21 heavy (non-hydrogen) atoms. The molecule has 1 amide bonds. The van der Waals surface area contributed by atoms with Crippen LogP contribution in [0.25, 0.3) is 0 Å². The maximum absolute atomic E-state index is 12.1. The van der Waals surface area contributed by atoms with Crippen molar-refractivity contribution >= 4 is 17.6 Å². The number of ether oxygens (including phenoxy) is 1. The van der Waals surface area contributed by atoms with Crippen molar-refractivity contribution in [1.29, 1.82) is 0 Å². The van der Waals surface area contributed by atoms with Gasteiger partial charge in [-0.25, -0.2) is 4.79 Å². The van der Waals surface area contributed by atoms with Gasteiger partial charge in [-0.3, -0.25) is 9.69 Å². The van der Waals surface area contributed by atoms with Crippen molar-refractivity contribution in [3.8, 4) is 0 Å². The Balaban J connectivity index is 1.88. The molecule has 0 unspecified atom stereocenters. The number of carbonyl (C=O) groups is 2. The van der Waals surface area contributed by atoms with Crippen LogP contribution in [-0.2, 0) is 9.53 Å². The van der Waals surface area contributed by atoms with Crippen molar-refractivity contribution in [2.24, 2.45) is 0 Å². The zero-order valence-corrected chi connectivity index (χ0v) is 12.6. The summed E-state index contributed by atoms with van der Waals surface area (Å²) in [7, 11) is 1.35. The number of amides is 1. The van der Waals surface area contributed by atoms with Crippen LogP contribution < -0.4 is 5.32 Å². The number of nitrogens with zero attached hydrogens (tertiary/aromatic N) is 1. The first-order valence-electron chi connectivity index (χ1n) is 7.32. The van der Waals surface area contributed by atoms with Gasteiger partial charge in [-0.1, -0.05) is 6.42 Å². The molecule has 1 aromatic carbocycles. The highest BCUT2D eigenvalue weighted by atomic mass is 16.5. The average Bonchev–Trinajstić information content (AvgIpc) is 2.49. The van der Waals surface area contributed by atoms with Crippen molar-refractivity contribution in [2.75, 3.05) is 25.5 Å². The van der Waals surface area contributed by atoms with Crippen LogP contribution in [0.15, 0.2) is 24.3 Å². The van der Waals surface area contributed by atoms with E-state index in [2.05, 4.69) is 21.9 Å². The van der Waals surface area contributed by atoms with E-state index in [0.717, 1.165) is 19.4 Å². The van der Waals surface area contributed by atoms with E-state index in [4.69, 9.17) is 0 Å². The minimum atomic E-state index is -0.380. The maximum atomic E-state index is 12.1. The Morgan fingerprint density at radius 2 is 2.00 bits per heavy atom. The first kappa shape index (κ1) is 15.5. The molecule has 1 saturated heterocycles. The van der Waals surface area contributed by atoms with Gasteiger partial charge in [0, 0.05) is 11.7 Å². The first-order valence-corrected chi connectivity index (χ1v) is 7.32. The number of esters is 1. The van der Waals surface area contributed by atoms with E-state index in [1.807, 2.05) is 0 Å². The molecule has 0 aliphatic carbocycles. The van der Waals surface area contributed by atoms with Gasteiger partial charge in [-0.2, -0.15) is 0 Å². The molecule has 1 aliphatic heterocycles. The van der Waals surface area contributed by atoms with Gasteiger partial charge >= 0.3 is 5.97 Å². The van der Waals surface area contributed by atoms with Crippen molar-refractivity contribution in [2.45, 2.75) is 32.2 Å². The van der Waals surface area contributed by atoms with Crippen molar-refractivity contribution in [3.63, 3.8) is 0 Å². The minimum Gasteiger partial charge on any atom is -0.465 e. The summed E-state index contributed by atoms with van der Waals surface area (Å²) >= 11 is 0. The highest BCUT2D eigenvalue weighted by Gasteiger charge is 2.20. The smallest absolute Gasteiger partial charge is 0.337 e. The molecular formula is C16H22N2O3. The van der Waals surface area contributed by atoms with E-state index >= 15 is 0 Å². The molecule has 0 radical (unpaired) electrons. The second-order valence-corrected chi connectivity index (χ2v) is 5.43. The van der Waals surface area contributed by atoms with Gasteiger partial charge < -0.3 is 10.1 Å². The fourth-order valence-corrected chi connectivity index (χ4v) is 2.58. The average molecular weight is 290 g/mol. The summed E-state index contributed by atoms with van der Waals surface area (Å²) in [6, 6.07) is 7.18. The Morgan fingerprint density at radius 1 is 1.29 bits per heavy atom. The lowest BCUT2D eigenvalue weighted by Crippen LogP contribution is -2.42. The van der Waals surface area contributed by atoms with E-state index in [0.29, 0.717) is 23.8 Å². The number of rotatable bonds is 4. The third-order valence-corrected chi connectivity index (χ3v) is 3.88. The van der Waals surface area contributed by atoms with Crippen LogP contribution in [0.1, 0.15) is 36.5 Å². The quantitative estimate of drug-likeness (QED) is 0.864. The van der Waals surface area contributed by atoms with Crippen LogP contribution in [-0.4, -0.2) is 43.0 Å². The highest BCUT2D eigenvalue weighted by Crippen LogP contribution is 2.16. The number of piperidine rings is 1. The topological polar surface area (TPSA) is 58.6 Å². The van der Waals surface area contributed by atoms with Crippen molar-refractivity contribution in [3.05, 3.63) is 29.8 Å². The van der Waals surface area contributed by atoms with Gasteiger partial charge in [-0.15, -0.1) is 0 Å². The SMILES string of the molecule is COC(=O)c1ccc(NC(=O)CN2CCCC[C@@H]2C)cc1. The van der Waals surface area contributed by atoms with E-state index in [9.17, 15) is 9.59 Å². The first-order chi connectivity index (χ1) is 10.1. The van der Waals surface area contributed by atoms with Gasteiger partial charge in [-0.05, 0) is 50.6 Å². The maximum Gasteiger partial charge on any atom is 0.337 e. The largest absolute Gasteiger partial charge is 0.465 e. The number of hydrogen-bond donors (Lipinski definition) is 1. The summed E-state index contributed by atoms with van der Waals surface area (Å²) in [4.78, 5) is 25.6. The molecule has 5 heteroatoms. The van der Waals surface area contributed by atoms with Crippen molar-refractivity contribution in [1.82, 2.24) is 4.90 Å². The highest BCUT2D eigenvalue weighted by molar-refractivity contribution is 5.94. The molecule has 0 spiro atoms. The second-order valence-electron chi connectivity index (χ2n) is 5.43. The Hall–Kier alpha value is -1.88. The molecule has 0 saturated carbocycles. The third kappa shape index (κ3) is 4.29. The summed E-state index contributed by atoms with van der Waals surface area (Å²) in [5.41, 5.74) is 1.16. The third-order valence-electron chi connectivity index (χ3n) is 3.88. The van der Waals surface area contributed by atoms with Gasteiger partial charge in [0.15, 0.2) is 0 Å². The molecular weight excluding hydrogens is 268 g/mol. The molecule has 1 N–H and O–H groups in total. The molecule has 1 aromatic rings. The van der Waals surface area contributed by atoms with Crippen LogP contribution in [0.5, 0.6) is 0 Å². The number of methoxy groups -OCH3 is 1. The van der Waals surface area contributed by atoms with Gasteiger partial charge in [0.2, 0.25) is 5.91 Å². The molecule has 1 atom stereocenters. The van der Waals surface area contributed by atoms with E-state index in [1.165, 1.54) is 13.5 Å². The summed E-state index contributed by atoms with van der Waals surface area (Å²) in [6.07, 6.45) is 3.56. The molecule has 1 fully saturated rings. The zero-order chi connectivity index (χ0) is 15.2. The summed E-state index contributed by atoms with van der Waals surface area (Å²) in [6.45, 7) is 3.56. The fourth-order valence-electron chi connectivity index (χ4n) is 2.58. The fraction of sp³-hybridized carbons (Fsp3) is 0.500. The number of hydrogen-bond acceptors (Lipinski definition) is 4.